The molecule has 0 saturated carbocycles. The van der Waals surface area contributed by atoms with Crippen LogP contribution in [0.15, 0.2) is 127 Å². The third-order valence-corrected chi connectivity index (χ3v) is 8.93. The van der Waals surface area contributed by atoms with Crippen molar-refractivity contribution in [2.45, 2.75) is 64.7 Å². The Bertz CT molecular complexity index is 2050. The van der Waals surface area contributed by atoms with Crippen LogP contribution in [0.25, 0.3) is 16.7 Å². The lowest BCUT2D eigenvalue weighted by molar-refractivity contribution is -0.145. The van der Waals surface area contributed by atoms with Gasteiger partial charge in [-0.15, -0.1) is 0 Å². The summed E-state index contributed by atoms with van der Waals surface area (Å²) < 4.78 is 21.5. The molecule has 2 N–H and O–H groups in total. The lowest BCUT2D eigenvalue weighted by atomic mass is 9.80. The smallest absolute Gasteiger partial charge is 0.408 e. The van der Waals surface area contributed by atoms with Crippen LogP contribution in [0.2, 0.25) is 0 Å². The molecule has 0 radical (unpaired) electrons. The zero-order chi connectivity index (χ0) is 36.9. The number of hydrogen-bond donors (Lipinski definition) is 2. The van der Waals surface area contributed by atoms with E-state index in [0.717, 1.165) is 44.5 Å². The van der Waals surface area contributed by atoms with Gasteiger partial charge in [0.1, 0.15) is 23.3 Å². The summed E-state index contributed by atoms with van der Waals surface area (Å²) in [7, 11) is 0. The highest BCUT2D eigenvalue weighted by Crippen LogP contribution is 2.39. The Labute approximate surface area is 303 Å². The van der Waals surface area contributed by atoms with Crippen LogP contribution in [0.1, 0.15) is 60.8 Å². The zero-order valence-corrected chi connectivity index (χ0v) is 30.0. The van der Waals surface area contributed by atoms with Crippen molar-refractivity contribution in [3.63, 3.8) is 0 Å². The second-order valence-electron chi connectivity index (χ2n) is 13.9. The molecule has 8 nitrogen and oxygen atoms in total. The molecule has 0 saturated heterocycles. The van der Waals surface area contributed by atoms with E-state index in [1.54, 1.807) is 32.9 Å². The van der Waals surface area contributed by atoms with Gasteiger partial charge >= 0.3 is 6.09 Å². The second kappa shape index (κ2) is 15.2. The summed E-state index contributed by atoms with van der Waals surface area (Å²) in [5.74, 6) is -0.282. The largest absolute Gasteiger partial charge is 0.444 e. The van der Waals surface area contributed by atoms with E-state index in [1.165, 1.54) is 12.1 Å². The number of aryl methyl sites for hydroxylation is 3. The fourth-order valence-corrected chi connectivity index (χ4v) is 6.31. The molecule has 6 rings (SSSR count). The van der Waals surface area contributed by atoms with E-state index in [-0.39, 0.29) is 18.7 Å². The summed E-state index contributed by atoms with van der Waals surface area (Å²) >= 11 is 0. The molecule has 1 aromatic heterocycles. The van der Waals surface area contributed by atoms with Crippen molar-refractivity contribution in [3.8, 4) is 5.69 Å². The van der Waals surface area contributed by atoms with Gasteiger partial charge in [-0.25, -0.2) is 19.6 Å². The predicted molar refractivity (Wildman–Crippen MR) is 200 cm³/mol. The lowest BCUT2D eigenvalue weighted by Crippen LogP contribution is -2.50. The number of halogens is 1. The first-order valence-corrected chi connectivity index (χ1v) is 17.3. The molecule has 266 valence electrons. The fourth-order valence-electron chi connectivity index (χ4n) is 6.31. The number of hydrogen-bond acceptors (Lipinski definition) is 5. The highest BCUT2D eigenvalue weighted by atomic mass is 19.1. The van der Waals surface area contributed by atoms with Crippen molar-refractivity contribution < 1.29 is 23.6 Å². The van der Waals surface area contributed by atoms with Crippen molar-refractivity contribution in [2.24, 2.45) is 0 Å². The van der Waals surface area contributed by atoms with Crippen LogP contribution in [0.4, 0.5) is 9.18 Å². The Morgan fingerprint density at radius 3 is 1.81 bits per heavy atom. The Morgan fingerprint density at radius 2 is 1.29 bits per heavy atom. The maximum atomic E-state index is 14.3. The number of imidazole rings is 1. The van der Waals surface area contributed by atoms with Crippen LogP contribution in [-0.2, 0) is 26.4 Å². The van der Waals surface area contributed by atoms with Gasteiger partial charge in [0.15, 0.2) is 5.60 Å². The number of benzene rings is 5. The minimum Gasteiger partial charge on any atom is -0.444 e. The average Bonchev–Trinajstić information content (AvgIpc) is 3.47. The fraction of sp³-hybridized carbons (Fsp3) is 0.233. The molecule has 2 amide bonds. The Morgan fingerprint density at radius 1 is 0.769 bits per heavy atom. The van der Waals surface area contributed by atoms with Crippen LogP contribution in [0, 0.1) is 19.7 Å². The minimum atomic E-state index is -1.23. The molecule has 52 heavy (non-hydrogen) atoms. The van der Waals surface area contributed by atoms with E-state index >= 15 is 0 Å². The quantitative estimate of drug-likeness (QED) is 0.104. The summed E-state index contributed by atoms with van der Waals surface area (Å²) in [6, 6.07) is 38.2. The zero-order valence-electron chi connectivity index (χ0n) is 30.0. The third-order valence-electron chi connectivity index (χ3n) is 8.93. The SMILES string of the molecule is Cc1cc2nc(CC[C@H](NC(=O)OC(C)(C)C)C(=O)NOC(c3ccccc3)(c3ccccc3)c3ccccc3)n(-c3ccc(F)cc3)c2cc1C. The van der Waals surface area contributed by atoms with Crippen molar-refractivity contribution in [3.05, 3.63) is 167 Å². The van der Waals surface area contributed by atoms with Crippen molar-refractivity contribution in [1.29, 1.82) is 0 Å². The number of aromatic nitrogens is 2. The molecule has 0 aliphatic heterocycles. The minimum absolute atomic E-state index is 0.145. The third kappa shape index (κ3) is 7.90. The average molecular weight is 699 g/mol. The standard InChI is InChI=1S/C43H43FN4O4/c1-29-27-37-38(28-30(29)2)48(35-23-21-34(44)22-24-35)39(45-37)26-25-36(46-41(50)51-42(3,4)5)40(49)47-52-43(31-15-9-6-10-16-31,32-17-11-7-12-18-32)33-19-13-8-14-20-33/h6-24,27-28,36H,25-26H2,1-5H3,(H,46,50)(H,47,49)/t36-/m0/s1. The second-order valence-corrected chi connectivity index (χ2v) is 13.9. The molecule has 9 heteroatoms. The normalized spacial score (nSPS) is 12.3. The highest BCUT2D eigenvalue weighted by molar-refractivity contribution is 5.85. The van der Waals surface area contributed by atoms with Crippen LogP contribution < -0.4 is 10.8 Å². The number of ether oxygens (including phenoxy) is 1. The van der Waals surface area contributed by atoms with Crippen molar-refractivity contribution >= 4 is 23.0 Å². The van der Waals surface area contributed by atoms with Crippen molar-refractivity contribution in [1.82, 2.24) is 20.3 Å². The highest BCUT2D eigenvalue weighted by Gasteiger charge is 2.40. The summed E-state index contributed by atoms with van der Waals surface area (Å²) in [5.41, 5.74) is 7.61. The van der Waals surface area contributed by atoms with Gasteiger partial charge in [0.2, 0.25) is 0 Å². The molecular weight excluding hydrogens is 655 g/mol. The monoisotopic (exact) mass is 698 g/mol. The molecule has 6 aromatic rings. The molecule has 5 aromatic carbocycles. The molecule has 1 atom stereocenters. The van der Waals surface area contributed by atoms with Gasteiger partial charge in [0.25, 0.3) is 5.91 Å². The number of carbonyl (C=O) groups excluding carboxylic acids is 2. The summed E-state index contributed by atoms with van der Waals surface area (Å²) in [6.45, 7) is 9.33. The van der Waals surface area contributed by atoms with E-state index in [9.17, 15) is 14.0 Å². The number of fused-ring (bicyclic) bond motifs is 1. The molecule has 0 bridgehead atoms. The van der Waals surface area contributed by atoms with Gasteiger partial charge in [-0.05, 0) is 105 Å². The van der Waals surface area contributed by atoms with E-state index in [1.807, 2.05) is 115 Å². The van der Waals surface area contributed by atoms with Gasteiger partial charge in [-0.3, -0.25) is 14.2 Å². The van der Waals surface area contributed by atoms with Crippen LogP contribution >= 0.6 is 0 Å². The summed E-state index contributed by atoms with van der Waals surface area (Å²) in [4.78, 5) is 39.0. The molecule has 0 aliphatic rings. The number of rotatable bonds is 11. The van der Waals surface area contributed by atoms with Gasteiger partial charge in [-0.1, -0.05) is 91.0 Å². The summed E-state index contributed by atoms with van der Waals surface area (Å²) in [6.07, 6.45) is -0.322. The van der Waals surface area contributed by atoms with Crippen LogP contribution in [0.5, 0.6) is 0 Å². The Balaban J connectivity index is 1.36. The van der Waals surface area contributed by atoms with E-state index in [0.29, 0.717) is 5.82 Å². The van der Waals surface area contributed by atoms with E-state index in [2.05, 4.69) is 16.9 Å². The van der Waals surface area contributed by atoms with E-state index < -0.39 is 29.2 Å². The molecular formula is C43H43FN4O4. The maximum absolute atomic E-state index is 14.3. The molecule has 0 aliphatic carbocycles. The lowest BCUT2D eigenvalue weighted by Gasteiger charge is -2.35. The number of hydroxylamine groups is 1. The number of nitrogens with one attached hydrogen (secondary N) is 2. The number of nitrogens with zero attached hydrogens (tertiary/aromatic N) is 2. The van der Waals surface area contributed by atoms with Crippen LogP contribution in [-0.4, -0.2) is 33.2 Å². The maximum Gasteiger partial charge on any atom is 0.408 e. The first-order valence-electron chi connectivity index (χ1n) is 17.3. The Hall–Kier alpha value is -5.80. The predicted octanol–water partition coefficient (Wildman–Crippen LogP) is 8.65. The molecule has 0 fully saturated rings. The first-order chi connectivity index (χ1) is 24.9. The van der Waals surface area contributed by atoms with Gasteiger partial charge in [0.05, 0.1) is 11.0 Å². The topological polar surface area (TPSA) is 94.5 Å². The van der Waals surface area contributed by atoms with Crippen molar-refractivity contribution in [2.75, 3.05) is 0 Å². The van der Waals surface area contributed by atoms with Crippen LogP contribution in [0.3, 0.4) is 0 Å². The number of carbonyl (C=O) groups is 2. The number of alkyl carbamates (subject to hydrolysis) is 1. The molecule has 0 spiro atoms. The Kier molecular flexibility index (Phi) is 10.5. The van der Waals surface area contributed by atoms with Gasteiger partial charge in [-0.2, -0.15) is 0 Å². The first kappa shape index (κ1) is 36.0. The van der Waals surface area contributed by atoms with Gasteiger partial charge in [0, 0.05) is 12.1 Å². The summed E-state index contributed by atoms with van der Waals surface area (Å²) in [5, 5.41) is 2.78. The molecule has 0 unspecified atom stereocenters. The van der Waals surface area contributed by atoms with E-state index in [4.69, 9.17) is 14.6 Å². The molecule has 1 heterocycles. The number of amides is 2. The van der Waals surface area contributed by atoms with Gasteiger partial charge < -0.3 is 10.1 Å².